The first-order valence-electron chi connectivity index (χ1n) is 7.18. The maximum Gasteiger partial charge on any atom is 0.244 e. The Kier molecular flexibility index (Phi) is 2.97. The number of hydrogen-bond donors (Lipinski definition) is 1. The lowest BCUT2D eigenvalue weighted by molar-refractivity contribution is -0.122. The van der Waals surface area contributed by atoms with Gasteiger partial charge in [0, 0.05) is 24.0 Å². The zero-order valence-corrected chi connectivity index (χ0v) is 11.9. The van der Waals surface area contributed by atoms with Crippen molar-refractivity contribution < 1.29 is 22.8 Å². The first-order valence-corrected chi connectivity index (χ1v) is 7.18. The molecule has 2 atom stereocenters. The van der Waals surface area contributed by atoms with Crippen LogP contribution in [0.4, 0.5) is 20.2 Å². The molecule has 2 aromatic rings. The summed E-state index contributed by atoms with van der Waals surface area (Å²) < 4.78 is 32.1. The molecule has 1 aromatic carbocycles. The molecular weight excluding hydrogens is 306 g/mol. The first kappa shape index (κ1) is 13.9. The van der Waals surface area contributed by atoms with Gasteiger partial charge in [0.1, 0.15) is 12.3 Å². The highest BCUT2D eigenvalue weighted by atomic mass is 19.2. The van der Waals surface area contributed by atoms with Gasteiger partial charge in [0.25, 0.3) is 0 Å². The van der Waals surface area contributed by atoms with Crippen molar-refractivity contribution in [1.82, 2.24) is 0 Å². The Morgan fingerprint density at radius 3 is 2.83 bits per heavy atom. The normalized spacial score (nSPS) is 22.5. The predicted octanol–water partition coefficient (Wildman–Crippen LogP) is 2.65. The SMILES string of the molecule is O=C1CN(C(=O)[C@@H]2C[C@H]2c2ccco2)c2cc(F)c(F)cc2N1. The van der Waals surface area contributed by atoms with Crippen molar-refractivity contribution in [2.24, 2.45) is 5.92 Å². The standard InChI is InChI=1S/C16H12F2N2O3/c17-10-5-12-13(6-11(10)18)20(7-15(21)19-12)16(22)9-4-8(9)14-2-1-3-23-14/h1-3,5-6,8-9H,4,7H2,(H,19,21)/t8-,9-/m1/s1. The molecular formula is C16H12F2N2O3. The number of carbonyl (C=O) groups is 2. The van der Waals surface area contributed by atoms with Crippen LogP contribution in [0.2, 0.25) is 0 Å². The number of carbonyl (C=O) groups excluding carboxylic acids is 2. The highest BCUT2D eigenvalue weighted by Gasteiger charge is 2.48. The lowest BCUT2D eigenvalue weighted by Gasteiger charge is -2.29. The minimum absolute atomic E-state index is 0.0313. The Balaban J connectivity index is 1.64. The molecule has 1 N–H and O–H groups in total. The molecule has 1 aliphatic heterocycles. The van der Waals surface area contributed by atoms with E-state index in [1.807, 2.05) is 0 Å². The second kappa shape index (κ2) is 4.91. The van der Waals surface area contributed by atoms with E-state index in [-0.39, 0.29) is 35.7 Å². The van der Waals surface area contributed by atoms with Gasteiger partial charge in [-0.2, -0.15) is 0 Å². The number of rotatable bonds is 2. The number of benzene rings is 1. The largest absolute Gasteiger partial charge is 0.469 e. The zero-order chi connectivity index (χ0) is 16.1. The van der Waals surface area contributed by atoms with Crippen LogP contribution in [0.25, 0.3) is 0 Å². The quantitative estimate of drug-likeness (QED) is 0.926. The number of anilines is 2. The number of amides is 2. The van der Waals surface area contributed by atoms with Crippen LogP contribution in [0, 0.1) is 17.6 Å². The van der Waals surface area contributed by atoms with E-state index >= 15 is 0 Å². The van der Waals surface area contributed by atoms with E-state index in [0.29, 0.717) is 6.42 Å². The predicted molar refractivity (Wildman–Crippen MR) is 76.9 cm³/mol. The average molecular weight is 318 g/mol. The van der Waals surface area contributed by atoms with Crippen LogP contribution < -0.4 is 10.2 Å². The molecule has 4 rings (SSSR count). The summed E-state index contributed by atoms with van der Waals surface area (Å²) in [4.78, 5) is 25.6. The summed E-state index contributed by atoms with van der Waals surface area (Å²) in [6.45, 7) is -0.210. The number of nitrogens with zero attached hydrogens (tertiary/aromatic N) is 1. The van der Waals surface area contributed by atoms with Crippen LogP contribution in [0.1, 0.15) is 18.1 Å². The van der Waals surface area contributed by atoms with Gasteiger partial charge in [-0.1, -0.05) is 0 Å². The summed E-state index contributed by atoms with van der Waals surface area (Å²) in [5.74, 6) is -2.48. The highest BCUT2D eigenvalue weighted by Crippen LogP contribution is 2.49. The molecule has 1 saturated carbocycles. The van der Waals surface area contributed by atoms with Crippen molar-refractivity contribution in [1.29, 1.82) is 0 Å². The Bertz CT molecular complexity index is 804. The van der Waals surface area contributed by atoms with Gasteiger partial charge < -0.3 is 14.6 Å². The van der Waals surface area contributed by atoms with E-state index in [2.05, 4.69) is 5.32 Å². The van der Waals surface area contributed by atoms with Crippen LogP contribution in [0.3, 0.4) is 0 Å². The van der Waals surface area contributed by atoms with Crippen molar-refractivity contribution >= 4 is 23.2 Å². The molecule has 0 radical (unpaired) electrons. The van der Waals surface area contributed by atoms with Gasteiger partial charge in [-0.25, -0.2) is 8.78 Å². The third-order valence-corrected chi connectivity index (χ3v) is 4.19. The van der Waals surface area contributed by atoms with E-state index in [4.69, 9.17) is 4.42 Å². The van der Waals surface area contributed by atoms with Crippen molar-refractivity contribution in [3.63, 3.8) is 0 Å². The van der Waals surface area contributed by atoms with Crippen LogP contribution in [-0.2, 0) is 9.59 Å². The lowest BCUT2D eigenvalue weighted by Crippen LogP contribution is -2.43. The number of fused-ring (bicyclic) bond motifs is 1. The highest BCUT2D eigenvalue weighted by molar-refractivity contribution is 6.11. The summed E-state index contributed by atoms with van der Waals surface area (Å²) >= 11 is 0. The molecule has 0 bridgehead atoms. The second-order valence-electron chi connectivity index (χ2n) is 5.72. The smallest absolute Gasteiger partial charge is 0.244 e. The van der Waals surface area contributed by atoms with E-state index < -0.39 is 17.5 Å². The third-order valence-electron chi connectivity index (χ3n) is 4.19. The monoisotopic (exact) mass is 318 g/mol. The Hall–Kier alpha value is -2.70. The van der Waals surface area contributed by atoms with Crippen molar-refractivity contribution in [2.45, 2.75) is 12.3 Å². The minimum atomic E-state index is -1.07. The van der Waals surface area contributed by atoms with Crippen LogP contribution >= 0.6 is 0 Å². The molecule has 2 aliphatic rings. The fourth-order valence-corrected chi connectivity index (χ4v) is 2.96. The summed E-state index contributed by atoms with van der Waals surface area (Å²) in [5.41, 5.74) is 0.280. The van der Waals surface area contributed by atoms with Crippen LogP contribution in [0.5, 0.6) is 0 Å². The van der Waals surface area contributed by atoms with Crippen LogP contribution in [0.15, 0.2) is 34.9 Å². The van der Waals surface area contributed by atoms with E-state index in [1.54, 1.807) is 12.1 Å². The van der Waals surface area contributed by atoms with Crippen molar-refractivity contribution in [3.8, 4) is 0 Å². The van der Waals surface area contributed by atoms with Gasteiger partial charge in [-0.05, 0) is 18.6 Å². The Labute approximate surface area is 129 Å². The van der Waals surface area contributed by atoms with Gasteiger partial charge in [0.05, 0.1) is 17.6 Å². The molecule has 1 aliphatic carbocycles. The first-order chi connectivity index (χ1) is 11.0. The van der Waals surface area contributed by atoms with Gasteiger partial charge in [-0.3, -0.25) is 9.59 Å². The van der Waals surface area contributed by atoms with Gasteiger partial charge in [0.15, 0.2) is 11.6 Å². The number of nitrogens with one attached hydrogen (secondary N) is 1. The summed E-state index contributed by atoms with van der Waals surface area (Å²) in [7, 11) is 0. The van der Waals surface area contributed by atoms with Crippen molar-refractivity contribution in [2.75, 3.05) is 16.8 Å². The maximum atomic E-state index is 13.5. The molecule has 2 heterocycles. The lowest BCUT2D eigenvalue weighted by atomic mass is 10.1. The molecule has 118 valence electrons. The molecule has 7 heteroatoms. The Morgan fingerprint density at radius 2 is 2.09 bits per heavy atom. The summed E-state index contributed by atoms with van der Waals surface area (Å²) in [6, 6.07) is 5.37. The molecule has 0 unspecified atom stereocenters. The molecule has 23 heavy (non-hydrogen) atoms. The molecule has 0 spiro atoms. The molecule has 2 amide bonds. The Morgan fingerprint density at radius 1 is 1.30 bits per heavy atom. The summed E-state index contributed by atoms with van der Waals surface area (Å²) in [5, 5.41) is 2.45. The minimum Gasteiger partial charge on any atom is -0.469 e. The van der Waals surface area contributed by atoms with E-state index in [9.17, 15) is 18.4 Å². The molecule has 1 fully saturated rings. The van der Waals surface area contributed by atoms with Crippen molar-refractivity contribution in [3.05, 3.63) is 47.9 Å². The third kappa shape index (κ3) is 2.28. The maximum absolute atomic E-state index is 13.5. The zero-order valence-electron chi connectivity index (χ0n) is 11.9. The molecule has 1 aromatic heterocycles. The van der Waals surface area contributed by atoms with Crippen LogP contribution in [-0.4, -0.2) is 18.4 Å². The second-order valence-corrected chi connectivity index (χ2v) is 5.72. The fourth-order valence-electron chi connectivity index (χ4n) is 2.96. The fraction of sp³-hybridized carbons (Fsp3) is 0.250. The van der Waals surface area contributed by atoms with Gasteiger partial charge in [-0.15, -0.1) is 0 Å². The molecule has 5 nitrogen and oxygen atoms in total. The van der Waals surface area contributed by atoms with E-state index in [0.717, 1.165) is 17.9 Å². The average Bonchev–Trinajstić information content (AvgIpc) is 3.13. The summed E-state index contributed by atoms with van der Waals surface area (Å²) in [6.07, 6.45) is 2.15. The number of furan rings is 1. The van der Waals surface area contributed by atoms with E-state index in [1.165, 1.54) is 11.2 Å². The number of halogens is 2. The van der Waals surface area contributed by atoms with Gasteiger partial charge >= 0.3 is 0 Å². The van der Waals surface area contributed by atoms with Gasteiger partial charge in [0.2, 0.25) is 11.8 Å². The number of hydrogen-bond acceptors (Lipinski definition) is 3. The molecule has 0 saturated heterocycles. The topological polar surface area (TPSA) is 62.6 Å².